The second-order valence-electron chi connectivity index (χ2n) is 6.70. The average Bonchev–Trinajstić information content (AvgIpc) is 2.93. The van der Waals surface area contributed by atoms with Gasteiger partial charge in [-0.2, -0.15) is 0 Å². The summed E-state index contributed by atoms with van der Waals surface area (Å²) in [6.45, 7) is 5.53. The molecule has 1 aliphatic carbocycles. The SMILES string of the molecule is CC1=CC(C(c2cccc(CN)c2)c2cccc(CN)c2)C(C)=C1. The van der Waals surface area contributed by atoms with Crippen LogP contribution in [0.3, 0.4) is 0 Å². The van der Waals surface area contributed by atoms with Crippen molar-refractivity contribution in [1.82, 2.24) is 0 Å². The molecule has 0 aromatic heterocycles. The molecule has 0 saturated heterocycles. The Morgan fingerprint density at radius 3 is 1.83 bits per heavy atom. The van der Waals surface area contributed by atoms with Crippen molar-refractivity contribution in [2.24, 2.45) is 17.4 Å². The van der Waals surface area contributed by atoms with Crippen LogP contribution in [0.25, 0.3) is 0 Å². The van der Waals surface area contributed by atoms with Crippen LogP contribution in [0, 0.1) is 5.92 Å². The van der Waals surface area contributed by atoms with E-state index in [1.54, 1.807) is 0 Å². The van der Waals surface area contributed by atoms with Crippen LogP contribution >= 0.6 is 0 Å². The van der Waals surface area contributed by atoms with Crippen molar-refractivity contribution >= 4 is 0 Å². The lowest BCUT2D eigenvalue weighted by atomic mass is 9.78. The van der Waals surface area contributed by atoms with Gasteiger partial charge in [0.25, 0.3) is 0 Å². The van der Waals surface area contributed by atoms with Gasteiger partial charge in [0, 0.05) is 24.9 Å². The van der Waals surface area contributed by atoms with Crippen LogP contribution in [0.5, 0.6) is 0 Å². The summed E-state index contributed by atoms with van der Waals surface area (Å²) < 4.78 is 0. The minimum atomic E-state index is 0.289. The Kier molecular flexibility index (Phi) is 4.98. The molecule has 0 radical (unpaired) electrons. The van der Waals surface area contributed by atoms with Crippen molar-refractivity contribution in [3.8, 4) is 0 Å². The van der Waals surface area contributed by atoms with E-state index in [4.69, 9.17) is 11.5 Å². The molecule has 2 nitrogen and oxygen atoms in total. The van der Waals surface area contributed by atoms with Crippen molar-refractivity contribution in [1.29, 1.82) is 0 Å². The Hall–Kier alpha value is -2.16. The van der Waals surface area contributed by atoms with E-state index in [1.807, 2.05) is 0 Å². The molecule has 4 N–H and O–H groups in total. The van der Waals surface area contributed by atoms with Gasteiger partial charge in [-0.3, -0.25) is 0 Å². The van der Waals surface area contributed by atoms with Gasteiger partial charge in [-0.15, -0.1) is 0 Å². The Morgan fingerprint density at radius 1 is 0.875 bits per heavy atom. The minimum Gasteiger partial charge on any atom is -0.326 e. The third kappa shape index (κ3) is 3.35. The summed E-state index contributed by atoms with van der Waals surface area (Å²) in [6, 6.07) is 17.3. The van der Waals surface area contributed by atoms with Gasteiger partial charge >= 0.3 is 0 Å². The van der Waals surface area contributed by atoms with Gasteiger partial charge in [-0.05, 0) is 36.1 Å². The van der Waals surface area contributed by atoms with Gasteiger partial charge in [0.1, 0.15) is 0 Å². The molecule has 3 rings (SSSR count). The predicted molar refractivity (Wildman–Crippen MR) is 102 cm³/mol. The van der Waals surface area contributed by atoms with E-state index < -0.39 is 0 Å². The van der Waals surface area contributed by atoms with Gasteiger partial charge in [-0.25, -0.2) is 0 Å². The molecule has 2 heteroatoms. The van der Waals surface area contributed by atoms with Gasteiger partial charge in [0.15, 0.2) is 0 Å². The fraction of sp³-hybridized carbons (Fsp3) is 0.273. The predicted octanol–water partition coefficient (Wildman–Crippen LogP) is 4.26. The maximum atomic E-state index is 5.87. The monoisotopic (exact) mass is 318 g/mol. The third-order valence-corrected chi connectivity index (χ3v) is 4.87. The molecule has 24 heavy (non-hydrogen) atoms. The molecular weight excluding hydrogens is 292 g/mol. The first-order chi connectivity index (χ1) is 11.6. The number of benzene rings is 2. The summed E-state index contributed by atoms with van der Waals surface area (Å²) in [6.07, 6.45) is 4.67. The van der Waals surface area contributed by atoms with Crippen LogP contribution in [0.4, 0.5) is 0 Å². The highest BCUT2D eigenvalue weighted by Crippen LogP contribution is 2.41. The summed E-state index contributed by atoms with van der Waals surface area (Å²) >= 11 is 0. The quantitative estimate of drug-likeness (QED) is 0.865. The number of nitrogens with two attached hydrogens (primary N) is 2. The number of allylic oxidation sites excluding steroid dienone is 4. The van der Waals surface area contributed by atoms with Gasteiger partial charge in [0.2, 0.25) is 0 Å². The summed E-state index contributed by atoms with van der Waals surface area (Å²) in [5.74, 6) is 0.669. The van der Waals surface area contributed by atoms with Crippen LogP contribution in [0.2, 0.25) is 0 Å². The zero-order valence-electron chi connectivity index (χ0n) is 14.5. The zero-order valence-corrected chi connectivity index (χ0v) is 14.5. The molecule has 1 unspecified atom stereocenters. The molecule has 0 spiro atoms. The summed E-state index contributed by atoms with van der Waals surface area (Å²) in [4.78, 5) is 0. The second kappa shape index (κ2) is 7.16. The molecule has 0 heterocycles. The largest absolute Gasteiger partial charge is 0.326 e. The Morgan fingerprint density at radius 2 is 1.42 bits per heavy atom. The lowest BCUT2D eigenvalue weighted by Crippen LogP contribution is -2.14. The Labute approximate surface area is 144 Å². The first-order valence-electron chi connectivity index (χ1n) is 8.57. The molecule has 0 amide bonds. The highest BCUT2D eigenvalue weighted by atomic mass is 14.5. The molecule has 0 bridgehead atoms. The Bertz CT molecular complexity index is 739. The molecule has 2 aromatic carbocycles. The van der Waals surface area contributed by atoms with E-state index in [9.17, 15) is 0 Å². The lowest BCUT2D eigenvalue weighted by molar-refractivity contribution is 0.656. The lowest BCUT2D eigenvalue weighted by Gasteiger charge is -2.26. The molecule has 124 valence electrons. The van der Waals surface area contributed by atoms with Gasteiger partial charge < -0.3 is 11.5 Å². The number of rotatable bonds is 5. The molecule has 2 aromatic rings. The highest BCUT2D eigenvalue weighted by Gasteiger charge is 2.27. The van der Waals surface area contributed by atoms with E-state index in [0.29, 0.717) is 19.0 Å². The summed E-state index contributed by atoms with van der Waals surface area (Å²) in [5, 5.41) is 0. The molecule has 0 saturated carbocycles. The molecule has 1 aliphatic rings. The van der Waals surface area contributed by atoms with Crippen molar-refractivity contribution in [3.63, 3.8) is 0 Å². The van der Waals surface area contributed by atoms with E-state index in [1.165, 1.54) is 33.4 Å². The van der Waals surface area contributed by atoms with E-state index in [2.05, 4.69) is 74.5 Å². The average molecular weight is 318 g/mol. The molecule has 0 aliphatic heterocycles. The maximum Gasteiger partial charge on any atom is 0.0190 e. The van der Waals surface area contributed by atoms with Crippen LogP contribution in [0.1, 0.15) is 42.0 Å². The second-order valence-corrected chi connectivity index (χ2v) is 6.70. The molecule has 1 atom stereocenters. The fourth-order valence-corrected chi connectivity index (χ4v) is 3.71. The topological polar surface area (TPSA) is 52.0 Å². The maximum absolute atomic E-state index is 5.87. The third-order valence-electron chi connectivity index (χ3n) is 4.87. The van der Waals surface area contributed by atoms with E-state index in [0.717, 1.165) is 0 Å². The van der Waals surface area contributed by atoms with Gasteiger partial charge in [0.05, 0.1) is 0 Å². The minimum absolute atomic E-state index is 0.289. The molecular formula is C22H26N2. The Balaban J connectivity index is 2.12. The van der Waals surface area contributed by atoms with Gasteiger partial charge in [-0.1, -0.05) is 71.8 Å². The van der Waals surface area contributed by atoms with Crippen molar-refractivity contribution in [3.05, 3.63) is 94.1 Å². The zero-order chi connectivity index (χ0) is 17.1. The highest BCUT2D eigenvalue weighted by molar-refractivity contribution is 5.45. The van der Waals surface area contributed by atoms with Crippen LogP contribution in [0.15, 0.2) is 71.8 Å². The van der Waals surface area contributed by atoms with E-state index >= 15 is 0 Å². The molecule has 0 fully saturated rings. The summed E-state index contributed by atoms with van der Waals surface area (Å²) in [7, 11) is 0. The first-order valence-corrected chi connectivity index (χ1v) is 8.57. The van der Waals surface area contributed by atoms with Crippen LogP contribution in [-0.4, -0.2) is 0 Å². The first kappa shape index (κ1) is 16.7. The summed E-state index contributed by atoms with van der Waals surface area (Å²) in [5.41, 5.74) is 19.5. The van der Waals surface area contributed by atoms with Crippen molar-refractivity contribution in [2.75, 3.05) is 0 Å². The standard InChI is InChI=1S/C22H26N2/c1-15-9-16(2)21(10-15)22(19-7-3-5-17(11-19)13-23)20-8-4-6-18(12-20)14-24/h3-12,21-22H,13-14,23-24H2,1-2H3. The number of hydrogen-bond acceptors (Lipinski definition) is 2. The number of hydrogen-bond donors (Lipinski definition) is 2. The van der Waals surface area contributed by atoms with E-state index in [-0.39, 0.29) is 5.92 Å². The van der Waals surface area contributed by atoms with Crippen molar-refractivity contribution < 1.29 is 0 Å². The van der Waals surface area contributed by atoms with Crippen molar-refractivity contribution in [2.45, 2.75) is 32.9 Å². The van der Waals surface area contributed by atoms with Crippen LogP contribution in [-0.2, 0) is 13.1 Å². The normalized spacial score (nSPS) is 17.1. The van der Waals surface area contributed by atoms with Crippen LogP contribution < -0.4 is 11.5 Å². The fourth-order valence-electron chi connectivity index (χ4n) is 3.71. The smallest absolute Gasteiger partial charge is 0.0190 e.